The summed E-state index contributed by atoms with van der Waals surface area (Å²) in [4.78, 5) is 30.0. The normalized spacial score (nSPS) is 11.5. The van der Waals surface area contributed by atoms with E-state index in [1.165, 1.54) is 0 Å². The molecule has 2 amide bonds. The van der Waals surface area contributed by atoms with Gasteiger partial charge in [-0.15, -0.1) is 0 Å². The van der Waals surface area contributed by atoms with Gasteiger partial charge in [-0.05, 0) is 65.3 Å². The third kappa shape index (κ3) is 6.79. The molecule has 3 rings (SSSR count). The smallest absolute Gasteiger partial charge is 0.257 e. The highest BCUT2D eigenvalue weighted by Gasteiger charge is 2.18. The van der Waals surface area contributed by atoms with Gasteiger partial charge in [0.15, 0.2) is 0 Å². The third-order valence-corrected chi connectivity index (χ3v) is 5.77. The van der Waals surface area contributed by atoms with Crippen LogP contribution in [0.5, 0.6) is 0 Å². The van der Waals surface area contributed by atoms with E-state index in [0.717, 1.165) is 22.4 Å². The van der Waals surface area contributed by atoms with Crippen molar-refractivity contribution < 1.29 is 9.59 Å². The van der Waals surface area contributed by atoms with Crippen LogP contribution in [0.25, 0.3) is 11.1 Å². The van der Waals surface area contributed by atoms with Gasteiger partial charge in [-0.25, -0.2) is 0 Å². The average molecular weight is 483 g/mol. The summed E-state index contributed by atoms with van der Waals surface area (Å²) in [5.74, 6) is -0.425. The number of nitriles is 1. The molecule has 0 aliphatic rings. The van der Waals surface area contributed by atoms with Crippen molar-refractivity contribution in [2.75, 3.05) is 11.9 Å². The minimum Gasteiger partial charge on any atom is -0.352 e. The third-order valence-electron chi connectivity index (χ3n) is 5.77. The van der Waals surface area contributed by atoms with Gasteiger partial charge in [-0.1, -0.05) is 53.7 Å². The molecule has 6 heteroatoms. The number of benzene rings is 2. The van der Waals surface area contributed by atoms with Gasteiger partial charge in [0.25, 0.3) is 11.8 Å². The van der Waals surface area contributed by atoms with Crippen LogP contribution in [0.3, 0.4) is 0 Å². The largest absolute Gasteiger partial charge is 0.352 e. The zero-order chi connectivity index (χ0) is 26.7. The molecule has 0 atom stereocenters. The van der Waals surface area contributed by atoms with Crippen LogP contribution >= 0.6 is 0 Å². The predicted octanol–water partition coefficient (Wildman–Crippen LogP) is 6.25. The van der Waals surface area contributed by atoms with E-state index in [-0.39, 0.29) is 22.6 Å². The Morgan fingerprint density at radius 1 is 0.917 bits per heavy atom. The fourth-order valence-electron chi connectivity index (χ4n) is 3.60. The zero-order valence-electron chi connectivity index (χ0n) is 22.1. The number of carbonyl (C=O) groups excluding carboxylic acids is 2. The fraction of sp³-hybridized carbons (Fsp3) is 0.333. The number of hydrogen-bond donors (Lipinski definition) is 2. The number of rotatable bonds is 5. The molecule has 1 heterocycles. The first-order valence-corrected chi connectivity index (χ1v) is 12.0. The van der Waals surface area contributed by atoms with E-state index in [1.807, 2.05) is 31.2 Å². The summed E-state index contributed by atoms with van der Waals surface area (Å²) in [5.41, 5.74) is 5.29. The number of carbonyl (C=O) groups is 2. The highest BCUT2D eigenvalue weighted by atomic mass is 16.2. The highest BCUT2D eigenvalue weighted by Crippen LogP contribution is 2.28. The van der Waals surface area contributed by atoms with Gasteiger partial charge < -0.3 is 10.6 Å². The molecule has 3 aromatic rings. The Kier molecular flexibility index (Phi) is 7.64. The van der Waals surface area contributed by atoms with Gasteiger partial charge in [0, 0.05) is 35.2 Å². The van der Waals surface area contributed by atoms with Crippen LogP contribution in [0, 0.1) is 23.7 Å². The number of nitrogens with zero attached hydrogens (tertiary/aromatic N) is 2. The first-order chi connectivity index (χ1) is 16.8. The molecule has 6 nitrogen and oxygen atoms in total. The minimum atomic E-state index is -0.308. The van der Waals surface area contributed by atoms with E-state index >= 15 is 0 Å². The van der Waals surface area contributed by atoms with Crippen molar-refractivity contribution in [3.8, 4) is 17.2 Å². The van der Waals surface area contributed by atoms with Crippen LogP contribution in [0.15, 0.2) is 54.7 Å². The maximum atomic E-state index is 13.1. The number of nitrogens with one attached hydrogen (secondary N) is 2. The number of pyridine rings is 1. The Labute approximate surface area is 213 Å². The molecule has 0 saturated carbocycles. The number of aromatic nitrogens is 1. The molecular formula is C30H34N4O2. The molecule has 0 radical (unpaired) electrons. The van der Waals surface area contributed by atoms with Gasteiger partial charge in [-0.3, -0.25) is 14.6 Å². The second kappa shape index (κ2) is 10.3. The molecule has 0 saturated heterocycles. The van der Waals surface area contributed by atoms with Gasteiger partial charge in [-0.2, -0.15) is 5.26 Å². The second-order valence-corrected chi connectivity index (χ2v) is 11.3. The Morgan fingerprint density at radius 2 is 1.58 bits per heavy atom. The summed E-state index contributed by atoms with van der Waals surface area (Å²) < 4.78 is 0. The lowest BCUT2D eigenvalue weighted by atomic mass is 9.86. The Balaban J connectivity index is 1.83. The molecule has 0 unspecified atom stereocenters. The van der Waals surface area contributed by atoms with Gasteiger partial charge in [0.05, 0.1) is 17.2 Å². The number of amides is 2. The van der Waals surface area contributed by atoms with E-state index in [2.05, 4.69) is 63.2 Å². The number of aryl methyl sites for hydroxylation is 1. The van der Waals surface area contributed by atoms with Crippen molar-refractivity contribution in [1.29, 1.82) is 5.26 Å². The lowest BCUT2D eigenvalue weighted by molar-refractivity contribution is 0.0938. The maximum absolute atomic E-state index is 13.1. The Morgan fingerprint density at radius 3 is 2.17 bits per heavy atom. The second-order valence-electron chi connectivity index (χ2n) is 11.3. The maximum Gasteiger partial charge on any atom is 0.257 e. The topological polar surface area (TPSA) is 94.9 Å². The fourth-order valence-corrected chi connectivity index (χ4v) is 3.60. The van der Waals surface area contributed by atoms with E-state index < -0.39 is 0 Å². The molecule has 1 aromatic heterocycles. The summed E-state index contributed by atoms with van der Waals surface area (Å²) in [7, 11) is 0. The molecule has 2 N–H and O–H groups in total. The van der Waals surface area contributed by atoms with Crippen LogP contribution in [-0.4, -0.2) is 23.3 Å². The number of anilines is 1. The quantitative estimate of drug-likeness (QED) is 0.449. The molecule has 0 fully saturated rings. The lowest BCUT2D eigenvalue weighted by Gasteiger charge is -2.20. The monoisotopic (exact) mass is 482 g/mol. The van der Waals surface area contributed by atoms with E-state index in [1.54, 1.807) is 30.5 Å². The molecule has 0 aliphatic carbocycles. The van der Waals surface area contributed by atoms with E-state index in [4.69, 9.17) is 0 Å². The number of hydrogen-bond acceptors (Lipinski definition) is 4. The van der Waals surface area contributed by atoms with Crippen LogP contribution in [-0.2, 0) is 5.41 Å². The molecule has 2 aromatic carbocycles. The van der Waals surface area contributed by atoms with Gasteiger partial charge in [0.2, 0.25) is 0 Å². The summed E-state index contributed by atoms with van der Waals surface area (Å²) in [6, 6.07) is 16.7. The summed E-state index contributed by atoms with van der Waals surface area (Å²) >= 11 is 0. The SMILES string of the molecule is Cc1ncc(C(=O)Nc2cc(C#N)cc(C(C)(C)C)c2)cc1-c1ccc(C(=O)NCC(C)(C)C)cc1. The van der Waals surface area contributed by atoms with Crippen molar-refractivity contribution in [2.45, 2.75) is 53.9 Å². The van der Waals surface area contributed by atoms with Crippen molar-refractivity contribution in [1.82, 2.24) is 10.3 Å². The average Bonchev–Trinajstić information content (AvgIpc) is 2.81. The Bertz CT molecular complexity index is 1320. The standard InChI is InChI=1S/C30H34N4O2/c1-19-26(21-8-10-22(11-9-21)27(35)33-18-29(2,3)4)14-23(17-32-19)28(36)34-25-13-20(16-31)12-24(15-25)30(5,6)7/h8-15,17H,18H2,1-7H3,(H,33,35)(H,34,36). The molecule has 0 bridgehead atoms. The van der Waals surface area contributed by atoms with Crippen LogP contribution < -0.4 is 10.6 Å². The van der Waals surface area contributed by atoms with E-state index in [9.17, 15) is 14.9 Å². The summed E-state index contributed by atoms with van der Waals surface area (Å²) in [6.07, 6.45) is 1.54. The Hall–Kier alpha value is -3.98. The molecule has 186 valence electrons. The predicted molar refractivity (Wildman–Crippen MR) is 144 cm³/mol. The zero-order valence-corrected chi connectivity index (χ0v) is 22.1. The van der Waals surface area contributed by atoms with Crippen molar-refractivity contribution in [2.24, 2.45) is 5.41 Å². The van der Waals surface area contributed by atoms with Gasteiger partial charge >= 0.3 is 0 Å². The van der Waals surface area contributed by atoms with Crippen LogP contribution in [0.1, 0.15) is 79.1 Å². The van der Waals surface area contributed by atoms with Crippen LogP contribution in [0.4, 0.5) is 5.69 Å². The first-order valence-electron chi connectivity index (χ1n) is 12.0. The first kappa shape index (κ1) is 26.6. The van der Waals surface area contributed by atoms with Crippen LogP contribution in [0.2, 0.25) is 0 Å². The van der Waals surface area contributed by atoms with Crippen molar-refractivity contribution in [3.63, 3.8) is 0 Å². The molecule has 36 heavy (non-hydrogen) atoms. The van der Waals surface area contributed by atoms with Crippen molar-refractivity contribution in [3.05, 3.63) is 82.7 Å². The lowest BCUT2D eigenvalue weighted by Crippen LogP contribution is -2.32. The summed E-state index contributed by atoms with van der Waals surface area (Å²) in [5, 5.41) is 15.3. The molecular weight excluding hydrogens is 448 g/mol. The van der Waals surface area contributed by atoms with Gasteiger partial charge in [0.1, 0.15) is 0 Å². The molecule has 0 aliphatic heterocycles. The summed E-state index contributed by atoms with van der Waals surface area (Å²) in [6.45, 7) is 14.9. The molecule has 0 spiro atoms. The highest BCUT2D eigenvalue weighted by molar-refractivity contribution is 6.05. The van der Waals surface area contributed by atoms with E-state index in [0.29, 0.717) is 28.9 Å². The van der Waals surface area contributed by atoms with Crippen molar-refractivity contribution >= 4 is 17.5 Å². The minimum absolute atomic E-state index is 0.00360.